The molecule has 4 heteroatoms. The lowest BCUT2D eigenvalue weighted by Crippen LogP contribution is -2.00. The van der Waals surface area contributed by atoms with Crippen LogP contribution in [0, 0.1) is 0 Å². The fourth-order valence-electron chi connectivity index (χ4n) is 2.37. The van der Waals surface area contributed by atoms with Crippen LogP contribution in [0.15, 0.2) is 52.3 Å². The van der Waals surface area contributed by atoms with Crippen LogP contribution >= 0.6 is 27.3 Å². The van der Waals surface area contributed by atoms with Crippen LogP contribution in [0.3, 0.4) is 0 Å². The molecule has 0 spiro atoms. The maximum Gasteiger partial charge on any atom is 0.307 e. The first kappa shape index (κ1) is 13.3. The second-order valence-corrected chi connectivity index (χ2v) is 6.96. The lowest BCUT2D eigenvalue weighted by Gasteiger charge is -2.08. The Labute approximate surface area is 128 Å². The van der Waals surface area contributed by atoms with E-state index in [-0.39, 0.29) is 6.42 Å². The number of hydrogen-bond donors (Lipinski definition) is 1. The van der Waals surface area contributed by atoms with Crippen LogP contribution in [0.4, 0.5) is 0 Å². The lowest BCUT2D eigenvalue weighted by molar-refractivity contribution is -0.136. The van der Waals surface area contributed by atoms with Crippen molar-refractivity contribution in [3.8, 4) is 10.4 Å². The fraction of sp³-hybridized carbons (Fsp3) is 0.0625. The maximum atomic E-state index is 11.0. The van der Waals surface area contributed by atoms with Crippen molar-refractivity contribution in [1.29, 1.82) is 0 Å². The maximum absolute atomic E-state index is 11.0. The molecule has 2 aromatic carbocycles. The highest BCUT2D eigenvalue weighted by Gasteiger charge is 2.10. The molecule has 0 unspecified atom stereocenters. The summed E-state index contributed by atoms with van der Waals surface area (Å²) in [6.07, 6.45) is 0.0505. The molecule has 0 aliphatic rings. The minimum Gasteiger partial charge on any atom is -0.481 e. The van der Waals surface area contributed by atoms with E-state index in [9.17, 15) is 4.79 Å². The molecule has 0 saturated carbocycles. The minimum atomic E-state index is -0.804. The van der Waals surface area contributed by atoms with Gasteiger partial charge in [-0.1, -0.05) is 36.4 Å². The molecule has 1 aromatic heterocycles. The number of fused-ring (bicyclic) bond motifs is 1. The van der Waals surface area contributed by atoms with Gasteiger partial charge in [-0.05, 0) is 50.0 Å². The first-order chi connectivity index (χ1) is 9.65. The second-order valence-electron chi connectivity index (χ2n) is 4.49. The third kappa shape index (κ3) is 2.49. The van der Waals surface area contributed by atoms with Crippen LogP contribution < -0.4 is 0 Å². The highest BCUT2D eigenvalue weighted by molar-refractivity contribution is 9.11. The van der Waals surface area contributed by atoms with Gasteiger partial charge in [0.25, 0.3) is 0 Å². The Morgan fingerprint density at radius 1 is 1.05 bits per heavy atom. The molecule has 0 amide bonds. The Hall–Kier alpha value is -1.65. The average Bonchev–Trinajstić information content (AvgIpc) is 2.84. The summed E-state index contributed by atoms with van der Waals surface area (Å²) < 4.78 is 1.09. The summed E-state index contributed by atoms with van der Waals surface area (Å²) in [4.78, 5) is 12.1. The van der Waals surface area contributed by atoms with Crippen molar-refractivity contribution >= 4 is 44.0 Å². The van der Waals surface area contributed by atoms with Crippen molar-refractivity contribution < 1.29 is 9.90 Å². The van der Waals surface area contributed by atoms with Crippen LogP contribution in [0.2, 0.25) is 0 Å². The van der Waals surface area contributed by atoms with Crippen LogP contribution in [0.25, 0.3) is 21.2 Å². The van der Waals surface area contributed by atoms with Gasteiger partial charge in [0.1, 0.15) is 0 Å². The highest BCUT2D eigenvalue weighted by Crippen LogP contribution is 2.36. The number of thiophene rings is 1. The van der Waals surface area contributed by atoms with E-state index in [0.717, 1.165) is 25.7 Å². The number of benzene rings is 2. The van der Waals surface area contributed by atoms with Crippen LogP contribution in [-0.2, 0) is 11.2 Å². The number of carbonyl (C=O) groups is 1. The molecule has 0 fully saturated rings. The Bertz CT molecular complexity index is 792. The van der Waals surface area contributed by atoms with E-state index in [1.165, 1.54) is 4.88 Å². The molecule has 3 rings (SSSR count). The number of carboxylic acid groups (broad SMARTS) is 1. The van der Waals surface area contributed by atoms with Crippen LogP contribution in [0.5, 0.6) is 0 Å². The van der Waals surface area contributed by atoms with Crippen molar-refractivity contribution in [2.24, 2.45) is 0 Å². The van der Waals surface area contributed by atoms with Gasteiger partial charge in [-0.2, -0.15) is 0 Å². The molecule has 20 heavy (non-hydrogen) atoms. The molecule has 0 radical (unpaired) electrons. The molecule has 2 nitrogen and oxygen atoms in total. The lowest BCUT2D eigenvalue weighted by atomic mass is 9.98. The van der Waals surface area contributed by atoms with Crippen LogP contribution in [0.1, 0.15) is 5.56 Å². The van der Waals surface area contributed by atoms with E-state index in [4.69, 9.17) is 5.11 Å². The van der Waals surface area contributed by atoms with Gasteiger partial charge in [0.2, 0.25) is 0 Å². The molecule has 1 N–H and O–H groups in total. The second kappa shape index (κ2) is 5.38. The largest absolute Gasteiger partial charge is 0.481 e. The van der Waals surface area contributed by atoms with Gasteiger partial charge in [-0.15, -0.1) is 11.3 Å². The van der Waals surface area contributed by atoms with Crippen molar-refractivity contribution in [2.75, 3.05) is 0 Å². The third-order valence-electron chi connectivity index (χ3n) is 3.19. The van der Waals surface area contributed by atoms with Crippen molar-refractivity contribution in [1.82, 2.24) is 0 Å². The van der Waals surface area contributed by atoms with Gasteiger partial charge in [0.05, 0.1) is 10.2 Å². The highest BCUT2D eigenvalue weighted by atomic mass is 79.9. The van der Waals surface area contributed by atoms with Gasteiger partial charge >= 0.3 is 5.97 Å². The van der Waals surface area contributed by atoms with Gasteiger partial charge < -0.3 is 5.11 Å². The molecule has 0 bridgehead atoms. The molecular formula is C16H11BrO2S. The monoisotopic (exact) mass is 346 g/mol. The van der Waals surface area contributed by atoms with Crippen molar-refractivity contribution in [2.45, 2.75) is 6.42 Å². The Morgan fingerprint density at radius 3 is 2.50 bits per heavy atom. The van der Waals surface area contributed by atoms with Gasteiger partial charge in [0, 0.05) is 4.88 Å². The molecule has 100 valence electrons. The number of halogens is 1. The average molecular weight is 347 g/mol. The molecule has 1 heterocycles. The molecular weight excluding hydrogens is 336 g/mol. The summed E-state index contributed by atoms with van der Waals surface area (Å²) in [5.74, 6) is -0.804. The predicted octanol–water partition coefficient (Wildman–Crippen LogP) is 4.96. The molecule has 0 saturated heterocycles. The van der Waals surface area contributed by atoms with E-state index in [1.54, 1.807) is 11.3 Å². The smallest absolute Gasteiger partial charge is 0.307 e. The number of aliphatic carboxylic acids is 1. The van der Waals surface area contributed by atoms with Gasteiger partial charge in [-0.25, -0.2) is 0 Å². The number of carboxylic acids is 1. The summed E-state index contributed by atoms with van der Waals surface area (Å²) in [6, 6.07) is 16.0. The quantitative estimate of drug-likeness (QED) is 0.727. The third-order valence-corrected chi connectivity index (χ3v) is 4.85. The van der Waals surface area contributed by atoms with Gasteiger partial charge in [0.15, 0.2) is 0 Å². The zero-order valence-corrected chi connectivity index (χ0v) is 12.9. The predicted molar refractivity (Wildman–Crippen MR) is 86.3 cm³/mol. The van der Waals surface area contributed by atoms with E-state index < -0.39 is 5.97 Å². The SMILES string of the molecule is O=C(O)Cc1cccc2c(-c3ccc(Br)s3)cccc12. The summed E-state index contributed by atoms with van der Waals surface area (Å²) in [7, 11) is 0. The topological polar surface area (TPSA) is 37.3 Å². The Balaban J connectivity index is 2.22. The van der Waals surface area contributed by atoms with E-state index >= 15 is 0 Å². The normalized spacial score (nSPS) is 10.8. The van der Waals surface area contributed by atoms with Gasteiger partial charge in [-0.3, -0.25) is 4.79 Å². The zero-order chi connectivity index (χ0) is 14.1. The Morgan fingerprint density at radius 2 is 1.80 bits per heavy atom. The minimum absolute atomic E-state index is 0.0505. The summed E-state index contributed by atoms with van der Waals surface area (Å²) in [5.41, 5.74) is 2.00. The molecule has 0 atom stereocenters. The van der Waals surface area contributed by atoms with E-state index in [0.29, 0.717) is 0 Å². The number of hydrogen-bond acceptors (Lipinski definition) is 2. The standard InChI is InChI=1S/C16H11BrO2S/c17-15-8-7-14(20-15)13-6-2-4-11-10(9-16(18)19)3-1-5-12(11)13/h1-8H,9H2,(H,18,19). The molecule has 3 aromatic rings. The van der Waals surface area contributed by atoms with E-state index in [2.05, 4.69) is 28.1 Å². The summed E-state index contributed by atoms with van der Waals surface area (Å²) in [6.45, 7) is 0. The zero-order valence-electron chi connectivity index (χ0n) is 10.5. The molecule has 0 aliphatic carbocycles. The first-order valence-corrected chi connectivity index (χ1v) is 7.74. The number of rotatable bonds is 3. The van der Waals surface area contributed by atoms with Crippen molar-refractivity contribution in [3.63, 3.8) is 0 Å². The van der Waals surface area contributed by atoms with Crippen molar-refractivity contribution in [3.05, 3.63) is 57.9 Å². The van der Waals surface area contributed by atoms with Crippen LogP contribution in [-0.4, -0.2) is 11.1 Å². The summed E-state index contributed by atoms with van der Waals surface area (Å²) in [5, 5.41) is 11.1. The Kier molecular flexibility index (Phi) is 3.59. The van der Waals surface area contributed by atoms with E-state index in [1.807, 2.05) is 36.4 Å². The summed E-state index contributed by atoms with van der Waals surface area (Å²) >= 11 is 5.16. The first-order valence-electron chi connectivity index (χ1n) is 6.13. The fourth-order valence-corrected chi connectivity index (χ4v) is 3.79. The molecule has 0 aliphatic heterocycles.